The number of esters is 1. The summed E-state index contributed by atoms with van der Waals surface area (Å²) in [4.78, 5) is 26.0. The summed E-state index contributed by atoms with van der Waals surface area (Å²) in [6.07, 6.45) is 60.0. The van der Waals surface area contributed by atoms with E-state index in [1.165, 1.54) is 122 Å². The second-order valence-electron chi connectivity index (χ2n) is 17.7. The molecule has 354 valence electrons. The molecule has 0 rings (SSSR count). The third-order valence-electron chi connectivity index (χ3n) is 11.7. The van der Waals surface area contributed by atoms with Gasteiger partial charge in [-0.3, -0.25) is 9.59 Å². The summed E-state index contributed by atoms with van der Waals surface area (Å²) >= 11 is 0. The molecular formula is C55H99NO5. The molecule has 0 aromatic rings. The van der Waals surface area contributed by atoms with E-state index in [1.54, 1.807) is 0 Å². The van der Waals surface area contributed by atoms with Gasteiger partial charge < -0.3 is 20.3 Å². The summed E-state index contributed by atoms with van der Waals surface area (Å²) in [5, 5.41) is 23.7. The van der Waals surface area contributed by atoms with Crippen molar-refractivity contribution in [2.24, 2.45) is 0 Å². The van der Waals surface area contributed by atoms with E-state index in [4.69, 9.17) is 4.74 Å². The zero-order chi connectivity index (χ0) is 44.5. The molecule has 6 heteroatoms. The minimum absolute atomic E-state index is 0.0662. The van der Waals surface area contributed by atoms with Crippen molar-refractivity contribution in [3.8, 4) is 0 Å². The first kappa shape index (κ1) is 58.6. The average molecular weight is 854 g/mol. The van der Waals surface area contributed by atoms with Crippen LogP contribution in [0.2, 0.25) is 0 Å². The molecule has 0 radical (unpaired) electrons. The van der Waals surface area contributed by atoms with E-state index < -0.39 is 18.2 Å². The zero-order valence-corrected chi connectivity index (χ0v) is 40.3. The Balaban J connectivity index is 4.38. The average Bonchev–Trinajstić information content (AvgIpc) is 3.25. The molecule has 6 nitrogen and oxygen atoms in total. The van der Waals surface area contributed by atoms with Crippen LogP contribution in [0.25, 0.3) is 0 Å². The van der Waals surface area contributed by atoms with Crippen LogP contribution in [0.3, 0.4) is 0 Å². The molecule has 0 aromatic heterocycles. The van der Waals surface area contributed by atoms with Crippen molar-refractivity contribution in [2.75, 3.05) is 6.61 Å². The second-order valence-corrected chi connectivity index (χ2v) is 17.7. The molecule has 3 N–H and O–H groups in total. The third-order valence-corrected chi connectivity index (χ3v) is 11.7. The van der Waals surface area contributed by atoms with E-state index in [2.05, 4.69) is 62.5 Å². The van der Waals surface area contributed by atoms with Crippen molar-refractivity contribution >= 4 is 11.9 Å². The number of allylic oxidation sites excluding steroid dienone is 10. The Morgan fingerprint density at radius 2 is 0.869 bits per heavy atom. The maximum Gasteiger partial charge on any atom is 0.306 e. The van der Waals surface area contributed by atoms with Crippen LogP contribution >= 0.6 is 0 Å². The maximum atomic E-state index is 13.1. The largest absolute Gasteiger partial charge is 0.462 e. The minimum Gasteiger partial charge on any atom is -0.462 e. The number of hydrogen-bond acceptors (Lipinski definition) is 5. The molecule has 1 amide bonds. The van der Waals surface area contributed by atoms with Crippen LogP contribution in [-0.2, 0) is 14.3 Å². The number of unbranched alkanes of at least 4 members (excludes halogenated alkanes) is 28. The van der Waals surface area contributed by atoms with Gasteiger partial charge in [0.1, 0.15) is 6.10 Å². The number of carbonyl (C=O) groups is 2. The van der Waals surface area contributed by atoms with Gasteiger partial charge in [-0.2, -0.15) is 0 Å². The summed E-state index contributed by atoms with van der Waals surface area (Å²) in [5.74, 6) is -0.504. The van der Waals surface area contributed by atoms with Crippen LogP contribution in [0, 0.1) is 0 Å². The number of aliphatic hydroxyl groups excluding tert-OH is 2. The Morgan fingerprint density at radius 3 is 1.33 bits per heavy atom. The second kappa shape index (κ2) is 48.6. The highest BCUT2D eigenvalue weighted by molar-refractivity contribution is 5.77. The molecule has 0 aliphatic carbocycles. The lowest BCUT2D eigenvalue weighted by molar-refractivity contribution is -0.151. The van der Waals surface area contributed by atoms with Gasteiger partial charge in [-0.05, 0) is 44.9 Å². The summed E-state index contributed by atoms with van der Waals surface area (Å²) < 4.78 is 5.89. The maximum absolute atomic E-state index is 13.1. The quantitative estimate of drug-likeness (QED) is 0.0322. The van der Waals surface area contributed by atoms with Crippen LogP contribution in [0.1, 0.15) is 252 Å². The molecule has 0 bridgehead atoms. The number of rotatable bonds is 46. The molecule has 0 spiro atoms. The minimum atomic E-state index is -0.791. The van der Waals surface area contributed by atoms with Crippen LogP contribution in [-0.4, -0.2) is 46.9 Å². The molecule has 0 fully saturated rings. The van der Waals surface area contributed by atoms with Gasteiger partial charge in [-0.25, -0.2) is 0 Å². The molecule has 0 saturated carbocycles. The highest BCUT2D eigenvalue weighted by atomic mass is 16.5. The SMILES string of the molecule is CCC/C=C/C=C/C=C/C=C/C=C/CCCCCCCC(=O)OC(CCCCCCCCC)CC(=O)NC(CO)C(O)CCCCCCCCCCCCCCCCCCC. The molecule has 0 heterocycles. The molecule has 61 heavy (non-hydrogen) atoms. The smallest absolute Gasteiger partial charge is 0.306 e. The third kappa shape index (κ3) is 44.0. The fourth-order valence-corrected chi connectivity index (χ4v) is 7.76. The van der Waals surface area contributed by atoms with E-state index in [1.807, 2.05) is 24.3 Å². The zero-order valence-electron chi connectivity index (χ0n) is 40.3. The van der Waals surface area contributed by atoms with Crippen LogP contribution in [0.5, 0.6) is 0 Å². The molecule has 0 aliphatic rings. The fourth-order valence-electron chi connectivity index (χ4n) is 7.76. The van der Waals surface area contributed by atoms with Crippen molar-refractivity contribution < 1.29 is 24.5 Å². The Hall–Kier alpha value is -2.44. The van der Waals surface area contributed by atoms with Crippen molar-refractivity contribution in [3.63, 3.8) is 0 Å². The van der Waals surface area contributed by atoms with Gasteiger partial charge in [0.25, 0.3) is 0 Å². The first-order valence-electron chi connectivity index (χ1n) is 26.1. The van der Waals surface area contributed by atoms with E-state index in [0.717, 1.165) is 83.5 Å². The van der Waals surface area contributed by atoms with Gasteiger partial charge >= 0.3 is 5.97 Å². The summed E-state index contributed by atoms with van der Waals surface area (Å²) in [6.45, 7) is 6.37. The number of aliphatic hydroxyl groups is 2. The van der Waals surface area contributed by atoms with Gasteiger partial charge in [0.2, 0.25) is 5.91 Å². The number of hydrogen-bond donors (Lipinski definition) is 3. The van der Waals surface area contributed by atoms with Crippen LogP contribution in [0.15, 0.2) is 60.8 Å². The van der Waals surface area contributed by atoms with E-state index in [-0.39, 0.29) is 24.9 Å². The van der Waals surface area contributed by atoms with Crippen molar-refractivity contribution in [1.29, 1.82) is 0 Å². The molecular weight excluding hydrogens is 755 g/mol. The van der Waals surface area contributed by atoms with Crippen molar-refractivity contribution in [3.05, 3.63) is 60.8 Å². The fraction of sp³-hybridized carbons (Fsp3) is 0.782. The number of ether oxygens (including phenoxy) is 1. The lowest BCUT2D eigenvalue weighted by Crippen LogP contribution is -2.46. The molecule has 0 aliphatic heterocycles. The Bertz CT molecular complexity index is 1090. The number of nitrogens with one attached hydrogen (secondary N) is 1. The Morgan fingerprint density at radius 1 is 0.475 bits per heavy atom. The first-order chi connectivity index (χ1) is 30.0. The lowest BCUT2D eigenvalue weighted by Gasteiger charge is -2.24. The molecule has 3 atom stereocenters. The van der Waals surface area contributed by atoms with Crippen LogP contribution < -0.4 is 5.32 Å². The van der Waals surface area contributed by atoms with Gasteiger partial charge in [-0.1, -0.05) is 255 Å². The van der Waals surface area contributed by atoms with E-state index in [9.17, 15) is 19.8 Å². The predicted octanol–water partition coefficient (Wildman–Crippen LogP) is 15.6. The Kier molecular flexibility index (Phi) is 46.6. The van der Waals surface area contributed by atoms with Gasteiger partial charge in [0.05, 0.1) is 25.2 Å². The van der Waals surface area contributed by atoms with E-state index in [0.29, 0.717) is 19.3 Å². The molecule has 0 saturated heterocycles. The normalized spacial score (nSPS) is 13.7. The topological polar surface area (TPSA) is 95.9 Å². The summed E-state index contributed by atoms with van der Waals surface area (Å²) in [5.41, 5.74) is 0. The van der Waals surface area contributed by atoms with E-state index >= 15 is 0 Å². The number of amides is 1. The monoisotopic (exact) mass is 854 g/mol. The highest BCUT2D eigenvalue weighted by Gasteiger charge is 2.24. The van der Waals surface area contributed by atoms with Crippen molar-refractivity contribution in [2.45, 2.75) is 270 Å². The molecule has 0 aromatic carbocycles. The predicted molar refractivity (Wildman–Crippen MR) is 264 cm³/mol. The van der Waals surface area contributed by atoms with Crippen LogP contribution in [0.4, 0.5) is 0 Å². The molecule has 3 unspecified atom stereocenters. The van der Waals surface area contributed by atoms with Crippen molar-refractivity contribution in [1.82, 2.24) is 5.32 Å². The Labute approximate surface area is 378 Å². The first-order valence-corrected chi connectivity index (χ1v) is 26.1. The van der Waals surface area contributed by atoms with Gasteiger partial charge in [-0.15, -0.1) is 0 Å². The lowest BCUT2D eigenvalue weighted by atomic mass is 10.0. The van der Waals surface area contributed by atoms with Gasteiger partial charge in [0.15, 0.2) is 0 Å². The summed E-state index contributed by atoms with van der Waals surface area (Å²) in [6, 6.07) is -0.706. The summed E-state index contributed by atoms with van der Waals surface area (Å²) in [7, 11) is 0. The standard InChI is InChI=1S/C55H99NO5/c1-4-7-10-13-16-18-20-22-24-26-28-30-32-34-36-39-42-45-48-55(60)61-51(46-43-40-37-15-12-9-6-3)49-54(59)56-52(50-57)53(58)47-44-41-38-35-33-31-29-27-25-23-21-19-17-14-11-8-5-2/h10,13,16,18,20,22,24,26,28,30,51-53,57-58H,4-9,11-12,14-15,17,19,21,23,25,27,29,31-50H2,1-3H3,(H,56,59)/b13-10+,18-16+,22-20+,26-24+,30-28+. The number of carbonyl (C=O) groups excluding carboxylic acids is 2. The van der Waals surface area contributed by atoms with Gasteiger partial charge in [0, 0.05) is 6.42 Å². The highest BCUT2D eigenvalue weighted by Crippen LogP contribution is 2.18.